The summed E-state index contributed by atoms with van der Waals surface area (Å²) in [6, 6.07) is 8.27. The summed E-state index contributed by atoms with van der Waals surface area (Å²) in [5, 5.41) is 0. The maximum absolute atomic E-state index is 11.2. The van der Waals surface area contributed by atoms with Crippen molar-refractivity contribution in [1.29, 1.82) is 0 Å². The molecule has 0 heterocycles. The number of carbonyl (C=O) groups is 4. The predicted octanol–water partition coefficient (Wildman–Crippen LogP) is 11.2. The third-order valence-electron chi connectivity index (χ3n) is 12.2. The summed E-state index contributed by atoms with van der Waals surface area (Å²) >= 11 is 0. The Kier molecular flexibility index (Phi) is 23.1. The van der Waals surface area contributed by atoms with Gasteiger partial charge in [-0.25, -0.2) is 0 Å². The first-order valence-electron chi connectivity index (χ1n) is 19.7. The Morgan fingerprint density at radius 3 is 0.583 bits per heavy atom. The highest BCUT2D eigenvalue weighted by Crippen LogP contribution is 2.25. The molecule has 4 rings (SSSR count). The molecule has 60 heavy (non-hydrogen) atoms. The molecule has 0 aliphatic carbocycles. The third-order valence-corrected chi connectivity index (χ3v) is 13.3. The highest BCUT2D eigenvalue weighted by Gasteiger charge is 2.14. The Labute approximate surface area is 369 Å². The van der Waals surface area contributed by atoms with Crippen molar-refractivity contribution in [3.8, 4) is 0 Å². The Balaban J connectivity index is 0.000000400. The molecule has 0 bridgehead atoms. The maximum Gasteiger partial charge on any atom is 0.312 e. The van der Waals surface area contributed by atoms with E-state index in [9.17, 15) is 19.2 Å². The standard InChI is InChI=1S/4C12H17O2P/c4*1-7-5-11(6-12(13)14-15)10(4)9(3)8(7)2/h4*5H,6,15H2,1-4H3. The smallest absolute Gasteiger partial charge is 0.312 e. The number of rotatable bonds is 8. The van der Waals surface area contributed by atoms with Crippen LogP contribution in [0.4, 0.5) is 0 Å². The quantitative estimate of drug-likeness (QED) is 0.161. The largest absolute Gasteiger partial charge is 0.451 e. The lowest BCUT2D eigenvalue weighted by Crippen LogP contribution is -2.05. The summed E-state index contributed by atoms with van der Waals surface area (Å²) in [5.41, 5.74) is 24.2. The van der Waals surface area contributed by atoms with Crippen molar-refractivity contribution >= 4 is 61.7 Å². The SMILES string of the molecule is Cc1cc(CC(=O)OP)c(C)c(C)c1C.Cc1cc(CC(=O)OP)c(C)c(C)c1C.Cc1cc(CC(=O)OP)c(C)c(C)c1C.Cc1cc(CC(=O)OP)c(C)c(C)c1C. The van der Waals surface area contributed by atoms with E-state index < -0.39 is 0 Å². The molecule has 0 aliphatic heterocycles. The van der Waals surface area contributed by atoms with Gasteiger partial charge in [-0.1, -0.05) is 24.3 Å². The lowest BCUT2D eigenvalue weighted by molar-refractivity contribution is -0.133. The first kappa shape index (κ1) is 54.5. The van der Waals surface area contributed by atoms with E-state index in [1.165, 1.54) is 89.0 Å². The summed E-state index contributed by atoms with van der Waals surface area (Å²) in [7, 11) is 7.96. The van der Waals surface area contributed by atoms with Crippen molar-refractivity contribution in [2.45, 2.75) is 136 Å². The molecule has 4 unspecified atom stereocenters. The molecule has 0 amide bonds. The van der Waals surface area contributed by atoms with Gasteiger partial charge in [0, 0.05) is 0 Å². The fourth-order valence-corrected chi connectivity index (χ4v) is 7.04. The van der Waals surface area contributed by atoms with E-state index in [-0.39, 0.29) is 23.9 Å². The molecule has 8 nitrogen and oxygen atoms in total. The van der Waals surface area contributed by atoms with Gasteiger partial charge in [0.1, 0.15) is 0 Å². The van der Waals surface area contributed by atoms with Crippen LogP contribution >= 0.6 is 37.9 Å². The molecule has 0 N–H and O–H groups in total. The third kappa shape index (κ3) is 15.4. The lowest BCUT2D eigenvalue weighted by Gasteiger charge is -2.13. The van der Waals surface area contributed by atoms with Crippen LogP contribution in [0.2, 0.25) is 0 Å². The lowest BCUT2D eigenvalue weighted by atomic mass is 9.93. The van der Waals surface area contributed by atoms with E-state index in [0.717, 1.165) is 22.3 Å². The highest BCUT2D eigenvalue weighted by atomic mass is 31.0. The minimum atomic E-state index is -0.217. The molecule has 0 saturated carbocycles. The second-order valence-corrected chi connectivity index (χ2v) is 16.5. The normalized spacial score (nSPS) is 10.2. The summed E-state index contributed by atoms with van der Waals surface area (Å²) in [6.07, 6.45) is 1.38. The van der Waals surface area contributed by atoms with Crippen molar-refractivity contribution < 1.29 is 37.3 Å². The summed E-state index contributed by atoms with van der Waals surface area (Å²) in [6.45, 7) is 33.3. The number of hydrogen-bond donors (Lipinski definition) is 0. The molecule has 12 heteroatoms. The predicted molar refractivity (Wildman–Crippen MR) is 260 cm³/mol. The summed E-state index contributed by atoms with van der Waals surface area (Å²) in [5.74, 6) is -0.868. The van der Waals surface area contributed by atoms with Gasteiger partial charge in [0.15, 0.2) is 0 Å². The molecule has 4 aromatic rings. The van der Waals surface area contributed by atoms with Crippen molar-refractivity contribution in [2.24, 2.45) is 0 Å². The van der Waals surface area contributed by atoms with E-state index in [1.54, 1.807) is 0 Å². The molecule has 0 fully saturated rings. The zero-order valence-electron chi connectivity index (χ0n) is 38.7. The van der Waals surface area contributed by atoms with Crippen molar-refractivity contribution in [2.75, 3.05) is 0 Å². The number of hydrogen-bond acceptors (Lipinski definition) is 8. The molecular weight excluding hydrogens is 828 g/mol. The highest BCUT2D eigenvalue weighted by molar-refractivity contribution is 7.11. The van der Waals surface area contributed by atoms with Crippen LogP contribution in [-0.4, -0.2) is 23.9 Å². The number of benzene rings is 4. The van der Waals surface area contributed by atoms with Crippen LogP contribution in [0.1, 0.15) is 111 Å². The molecule has 4 atom stereocenters. The number of carbonyl (C=O) groups excluding carboxylic acids is 4. The van der Waals surface area contributed by atoms with E-state index in [1.807, 2.05) is 65.6 Å². The molecule has 0 radical (unpaired) electrons. The second kappa shape index (κ2) is 25.4. The van der Waals surface area contributed by atoms with Gasteiger partial charge < -0.3 is 18.1 Å². The minimum absolute atomic E-state index is 0.217. The Morgan fingerprint density at radius 2 is 0.450 bits per heavy atom. The van der Waals surface area contributed by atoms with Crippen LogP contribution in [0.3, 0.4) is 0 Å². The zero-order valence-corrected chi connectivity index (χ0v) is 43.3. The van der Waals surface area contributed by atoms with E-state index in [2.05, 4.69) is 125 Å². The van der Waals surface area contributed by atoms with Gasteiger partial charge in [-0.15, -0.1) is 0 Å². The first-order valence-corrected chi connectivity index (χ1v) is 21.6. The Hall–Kier alpha value is -3.52. The van der Waals surface area contributed by atoms with Gasteiger partial charge in [-0.2, -0.15) is 0 Å². The van der Waals surface area contributed by atoms with Gasteiger partial charge in [0.05, 0.1) is 63.6 Å². The van der Waals surface area contributed by atoms with Crippen LogP contribution in [0.5, 0.6) is 0 Å². The van der Waals surface area contributed by atoms with Gasteiger partial charge in [0.25, 0.3) is 0 Å². The van der Waals surface area contributed by atoms with Gasteiger partial charge in [-0.3, -0.25) is 19.2 Å². The molecular formula is C48H68O8P4. The number of aryl methyl sites for hydroxylation is 4. The molecule has 0 aromatic heterocycles. The first-order chi connectivity index (χ1) is 27.9. The molecule has 0 spiro atoms. The van der Waals surface area contributed by atoms with E-state index in [0.29, 0.717) is 25.7 Å². The van der Waals surface area contributed by atoms with Crippen molar-refractivity contribution in [1.82, 2.24) is 0 Å². The van der Waals surface area contributed by atoms with Crippen LogP contribution in [0, 0.1) is 111 Å². The molecule has 0 saturated heterocycles. The topological polar surface area (TPSA) is 105 Å². The Bertz CT molecular complexity index is 1900. The van der Waals surface area contributed by atoms with Crippen LogP contribution in [-0.2, 0) is 63.0 Å². The van der Waals surface area contributed by atoms with Gasteiger partial charge in [-0.05, 0) is 222 Å². The summed E-state index contributed by atoms with van der Waals surface area (Å²) in [4.78, 5) is 44.8. The maximum atomic E-state index is 11.2. The Morgan fingerprint density at radius 1 is 0.300 bits per heavy atom. The average Bonchev–Trinajstić information content (AvgIpc) is 3.22. The monoisotopic (exact) mass is 896 g/mol. The fourth-order valence-electron chi connectivity index (χ4n) is 6.71. The molecule has 328 valence electrons. The molecule has 0 aliphatic rings. The van der Waals surface area contributed by atoms with Crippen molar-refractivity contribution in [3.05, 3.63) is 136 Å². The van der Waals surface area contributed by atoms with E-state index in [4.69, 9.17) is 0 Å². The van der Waals surface area contributed by atoms with Crippen LogP contribution in [0.25, 0.3) is 0 Å². The second-order valence-electron chi connectivity index (χ2n) is 15.6. The van der Waals surface area contributed by atoms with E-state index >= 15 is 0 Å². The van der Waals surface area contributed by atoms with Crippen molar-refractivity contribution in [3.63, 3.8) is 0 Å². The molecule has 4 aromatic carbocycles. The summed E-state index contributed by atoms with van der Waals surface area (Å²) < 4.78 is 18.4. The van der Waals surface area contributed by atoms with Gasteiger partial charge in [0.2, 0.25) is 0 Å². The van der Waals surface area contributed by atoms with Crippen LogP contribution in [0.15, 0.2) is 24.3 Å². The average molecular weight is 897 g/mol. The van der Waals surface area contributed by atoms with Crippen LogP contribution < -0.4 is 0 Å². The van der Waals surface area contributed by atoms with Gasteiger partial charge >= 0.3 is 23.9 Å². The minimum Gasteiger partial charge on any atom is -0.451 e. The fraction of sp³-hybridized carbons (Fsp3) is 0.417. The zero-order chi connectivity index (χ0) is 46.3.